The molecule has 3 aromatic rings. The molecule has 0 saturated carbocycles. The van der Waals surface area contributed by atoms with Crippen molar-refractivity contribution in [1.29, 1.82) is 0 Å². The maximum absolute atomic E-state index is 12.4. The number of aryl methyl sites for hydroxylation is 2. The summed E-state index contributed by atoms with van der Waals surface area (Å²) in [6.07, 6.45) is -0.327. The maximum atomic E-state index is 12.4. The third kappa shape index (κ3) is 1.84. The van der Waals surface area contributed by atoms with Crippen LogP contribution < -0.4 is 0 Å². The van der Waals surface area contributed by atoms with E-state index in [9.17, 15) is 4.79 Å². The molecule has 22 heavy (non-hydrogen) atoms. The SMILES string of the molecule is Cc1ccc(C2OC(=O)c3cccc4cccc2c34)c(C)c1. The first-order chi connectivity index (χ1) is 10.6. The zero-order chi connectivity index (χ0) is 15.3. The van der Waals surface area contributed by atoms with Gasteiger partial charge >= 0.3 is 5.97 Å². The van der Waals surface area contributed by atoms with E-state index in [1.54, 1.807) is 0 Å². The third-order valence-electron chi connectivity index (χ3n) is 4.37. The molecule has 0 saturated heterocycles. The van der Waals surface area contributed by atoms with Crippen LogP contribution >= 0.6 is 0 Å². The van der Waals surface area contributed by atoms with Gasteiger partial charge in [-0.3, -0.25) is 0 Å². The van der Waals surface area contributed by atoms with Gasteiger partial charge in [-0.2, -0.15) is 0 Å². The molecule has 1 heterocycles. The summed E-state index contributed by atoms with van der Waals surface area (Å²) >= 11 is 0. The molecule has 0 spiro atoms. The van der Waals surface area contributed by atoms with Crippen LogP contribution in [0.3, 0.4) is 0 Å². The van der Waals surface area contributed by atoms with Gasteiger partial charge in [-0.15, -0.1) is 0 Å². The van der Waals surface area contributed by atoms with E-state index < -0.39 is 0 Å². The molecular formula is C20H16O2. The molecule has 0 aliphatic carbocycles. The number of hydrogen-bond acceptors (Lipinski definition) is 2. The van der Waals surface area contributed by atoms with Crippen molar-refractivity contribution in [3.63, 3.8) is 0 Å². The zero-order valence-electron chi connectivity index (χ0n) is 12.6. The molecule has 4 rings (SSSR count). The molecule has 1 atom stereocenters. The van der Waals surface area contributed by atoms with Gasteiger partial charge in [-0.25, -0.2) is 4.79 Å². The summed E-state index contributed by atoms with van der Waals surface area (Å²) in [6.45, 7) is 4.14. The first-order valence-corrected chi connectivity index (χ1v) is 7.45. The van der Waals surface area contributed by atoms with Crippen molar-refractivity contribution in [3.8, 4) is 0 Å². The molecule has 0 radical (unpaired) electrons. The second-order valence-corrected chi connectivity index (χ2v) is 5.90. The molecule has 2 heteroatoms. The van der Waals surface area contributed by atoms with E-state index in [2.05, 4.69) is 38.1 Å². The number of benzene rings is 3. The lowest BCUT2D eigenvalue weighted by Crippen LogP contribution is -2.19. The minimum atomic E-state index is -0.327. The van der Waals surface area contributed by atoms with Gasteiger partial charge in [-0.1, -0.05) is 54.1 Å². The van der Waals surface area contributed by atoms with Crippen molar-refractivity contribution in [2.75, 3.05) is 0 Å². The van der Waals surface area contributed by atoms with Gasteiger partial charge in [0.2, 0.25) is 0 Å². The zero-order valence-corrected chi connectivity index (χ0v) is 12.6. The Morgan fingerprint density at radius 3 is 2.45 bits per heavy atom. The Balaban J connectivity index is 2.01. The number of carbonyl (C=O) groups is 1. The molecule has 0 bridgehead atoms. The molecule has 1 aliphatic rings. The van der Waals surface area contributed by atoms with E-state index >= 15 is 0 Å². The Hall–Kier alpha value is -2.61. The molecule has 2 nitrogen and oxygen atoms in total. The van der Waals surface area contributed by atoms with E-state index in [1.165, 1.54) is 5.56 Å². The van der Waals surface area contributed by atoms with Crippen LogP contribution in [0.5, 0.6) is 0 Å². The summed E-state index contributed by atoms with van der Waals surface area (Å²) in [5.41, 5.74) is 5.14. The van der Waals surface area contributed by atoms with Crippen LogP contribution in [0.4, 0.5) is 0 Å². The highest BCUT2D eigenvalue weighted by atomic mass is 16.5. The predicted octanol–water partition coefficient (Wildman–Crippen LogP) is 4.72. The van der Waals surface area contributed by atoms with Crippen molar-refractivity contribution in [2.24, 2.45) is 0 Å². The minimum absolute atomic E-state index is 0.241. The Kier molecular flexibility index (Phi) is 2.80. The van der Waals surface area contributed by atoms with E-state index in [0.717, 1.165) is 27.5 Å². The molecule has 3 aromatic carbocycles. The Morgan fingerprint density at radius 2 is 1.68 bits per heavy atom. The summed E-state index contributed by atoms with van der Waals surface area (Å²) in [5, 5.41) is 2.10. The van der Waals surface area contributed by atoms with Crippen molar-refractivity contribution >= 4 is 16.7 Å². The standard InChI is InChI=1S/C20H16O2/c1-12-9-10-15(13(2)11-12)19-16-7-3-5-14-6-4-8-17(18(14)16)20(21)22-19/h3-11,19H,1-2H3. The number of carbonyl (C=O) groups excluding carboxylic acids is 1. The first-order valence-electron chi connectivity index (χ1n) is 7.45. The van der Waals surface area contributed by atoms with Crippen molar-refractivity contribution in [2.45, 2.75) is 20.0 Å². The molecular weight excluding hydrogens is 272 g/mol. The fourth-order valence-electron chi connectivity index (χ4n) is 3.34. The Bertz CT molecular complexity index is 903. The van der Waals surface area contributed by atoms with Gasteiger partial charge in [0.1, 0.15) is 0 Å². The molecule has 0 amide bonds. The highest BCUT2D eigenvalue weighted by Gasteiger charge is 2.30. The molecule has 0 aromatic heterocycles. The van der Waals surface area contributed by atoms with E-state index in [-0.39, 0.29) is 12.1 Å². The normalized spacial score (nSPS) is 16.6. The predicted molar refractivity (Wildman–Crippen MR) is 87.1 cm³/mol. The first kappa shape index (κ1) is 13.1. The van der Waals surface area contributed by atoms with Crippen LogP contribution in [-0.2, 0) is 4.74 Å². The van der Waals surface area contributed by atoms with Gasteiger partial charge in [0.25, 0.3) is 0 Å². The van der Waals surface area contributed by atoms with Crippen LogP contribution in [0.2, 0.25) is 0 Å². The van der Waals surface area contributed by atoms with E-state index in [4.69, 9.17) is 4.74 Å². The van der Waals surface area contributed by atoms with Gasteiger partial charge in [0.15, 0.2) is 6.10 Å². The van der Waals surface area contributed by atoms with Gasteiger partial charge < -0.3 is 4.74 Å². The van der Waals surface area contributed by atoms with Crippen LogP contribution in [0.25, 0.3) is 10.8 Å². The van der Waals surface area contributed by atoms with E-state index in [0.29, 0.717) is 5.56 Å². The van der Waals surface area contributed by atoms with Crippen molar-refractivity contribution in [3.05, 3.63) is 82.4 Å². The summed E-state index contributed by atoms with van der Waals surface area (Å²) in [4.78, 5) is 12.4. The van der Waals surface area contributed by atoms with Crippen LogP contribution in [-0.4, -0.2) is 5.97 Å². The Labute approximate surface area is 129 Å². The quantitative estimate of drug-likeness (QED) is 0.606. The van der Waals surface area contributed by atoms with Gasteiger partial charge in [-0.05, 0) is 36.4 Å². The second kappa shape index (κ2) is 4.70. The van der Waals surface area contributed by atoms with Gasteiger partial charge in [0.05, 0.1) is 5.56 Å². The second-order valence-electron chi connectivity index (χ2n) is 5.90. The number of cyclic esters (lactones) is 1. The topological polar surface area (TPSA) is 26.3 Å². The molecule has 0 fully saturated rings. The average Bonchev–Trinajstić information content (AvgIpc) is 2.51. The van der Waals surface area contributed by atoms with Crippen LogP contribution in [0, 0.1) is 13.8 Å². The van der Waals surface area contributed by atoms with Crippen LogP contribution in [0.15, 0.2) is 54.6 Å². The highest BCUT2D eigenvalue weighted by molar-refractivity contribution is 6.08. The minimum Gasteiger partial charge on any atom is -0.449 e. The van der Waals surface area contributed by atoms with Crippen molar-refractivity contribution < 1.29 is 9.53 Å². The van der Waals surface area contributed by atoms with E-state index in [1.807, 2.05) is 30.3 Å². The fraction of sp³-hybridized carbons (Fsp3) is 0.150. The van der Waals surface area contributed by atoms with Crippen LogP contribution in [0.1, 0.15) is 38.7 Å². The average molecular weight is 288 g/mol. The molecule has 0 N–H and O–H groups in total. The summed E-state index contributed by atoms with van der Waals surface area (Å²) in [6, 6.07) is 18.2. The maximum Gasteiger partial charge on any atom is 0.339 e. The summed E-state index contributed by atoms with van der Waals surface area (Å²) in [5.74, 6) is -0.241. The van der Waals surface area contributed by atoms with Crippen molar-refractivity contribution in [1.82, 2.24) is 0 Å². The lowest BCUT2D eigenvalue weighted by molar-refractivity contribution is 0.0365. The molecule has 108 valence electrons. The number of ether oxygens (including phenoxy) is 1. The summed E-state index contributed by atoms with van der Waals surface area (Å²) < 4.78 is 5.77. The lowest BCUT2D eigenvalue weighted by atomic mass is 9.88. The smallest absolute Gasteiger partial charge is 0.339 e. The monoisotopic (exact) mass is 288 g/mol. The molecule has 1 aliphatic heterocycles. The fourth-order valence-corrected chi connectivity index (χ4v) is 3.34. The number of hydrogen-bond donors (Lipinski definition) is 0. The molecule has 1 unspecified atom stereocenters. The largest absolute Gasteiger partial charge is 0.449 e. The Morgan fingerprint density at radius 1 is 0.909 bits per heavy atom. The summed E-state index contributed by atoms with van der Waals surface area (Å²) in [7, 11) is 0. The number of rotatable bonds is 1. The third-order valence-corrected chi connectivity index (χ3v) is 4.37. The number of esters is 1. The lowest BCUT2D eigenvalue weighted by Gasteiger charge is -2.27. The highest BCUT2D eigenvalue weighted by Crippen LogP contribution is 2.39. The van der Waals surface area contributed by atoms with Gasteiger partial charge in [0, 0.05) is 10.9 Å².